The fourth-order valence-electron chi connectivity index (χ4n) is 2.83. The lowest BCUT2D eigenvalue weighted by Gasteiger charge is -2.05. The first-order valence-electron chi connectivity index (χ1n) is 8.81. The van der Waals surface area contributed by atoms with Crippen molar-refractivity contribution in [2.24, 2.45) is 5.10 Å². The number of pyridine rings is 1. The molecule has 0 aliphatic carbocycles. The van der Waals surface area contributed by atoms with Crippen LogP contribution in [0.1, 0.15) is 21.7 Å². The number of nitrogens with one attached hydrogen (secondary N) is 1. The van der Waals surface area contributed by atoms with E-state index < -0.39 is 0 Å². The maximum absolute atomic E-state index is 12.4. The van der Waals surface area contributed by atoms with Crippen LogP contribution in [0.25, 0.3) is 5.65 Å². The Balaban J connectivity index is 1.45. The zero-order valence-corrected chi connectivity index (χ0v) is 15.2. The van der Waals surface area contributed by atoms with Crippen LogP contribution in [0.15, 0.2) is 84.1 Å². The largest absolute Gasteiger partial charge is 0.457 e. The summed E-state index contributed by atoms with van der Waals surface area (Å²) in [5.74, 6) is 1.10. The first kappa shape index (κ1) is 17.5. The highest BCUT2D eigenvalue weighted by molar-refractivity contribution is 5.95. The number of hydrazone groups is 1. The van der Waals surface area contributed by atoms with Crippen LogP contribution in [-0.4, -0.2) is 21.5 Å². The van der Waals surface area contributed by atoms with Gasteiger partial charge in [0, 0.05) is 6.20 Å². The maximum Gasteiger partial charge on any atom is 0.291 e. The van der Waals surface area contributed by atoms with E-state index in [1.54, 1.807) is 6.21 Å². The van der Waals surface area contributed by atoms with Crippen molar-refractivity contribution in [1.29, 1.82) is 0 Å². The van der Waals surface area contributed by atoms with Crippen molar-refractivity contribution in [3.8, 4) is 11.5 Å². The third-order valence-corrected chi connectivity index (χ3v) is 4.20. The molecule has 4 rings (SSSR count). The minimum absolute atomic E-state index is 0.351. The van der Waals surface area contributed by atoms with Gasteiger partial charge in [-0.15, -0.1) is 0 Å². The molecule has 0 fully saturated rings. The molecule has 0 radical (unpaired) electrons. The van der Waals surface area contributed by atoms with E-state index in [0.717, 1.165) is 22.7 Å². The summed E-state index contributed by atoms with van der Waals surface area (Å²) >= 11 is 0. The summed E-state index contributed by atoms with van der Waals surface area (Å²) in [5.41, 5.74) is 5.18. The smallest absolute Gasteiger partial charge is 0.291 e. The van der Waals surface area contributed by atoms with Gasteiger partial charge in [0.2, 0.25) is 0 Å². The molecule has 0 spiro atoms. The van der Waals surface area contributed by atoms with Crippen LogP contribution in [0.3, 0.4) is 0 Å². The van der Waals surface area contributed by atoms with Crippen LogP contribution in [-0.2, 0) is 0 Å². The number of nitrogens with zero attached hydrogens (tertiary/aromatic N) is 3. The lowest BCUT2D eigenvalue weighted by atomic mass is 10.2. The zero-order valence-electron chi connectivity index (χ0n) is 15.2. The summed E-state index contributed by atoms with van der Waals surface area (Å²) in [6, 6.07) is 22.6. The van der Waals surface area contributed by atoms with Crippen LogP contribution < -0.4 is 10.2 Å². The predicted molar refractivity (Wildman–Crippen MR) is 108 cm³/mol. The SMILES string of the molecule is Cc1c(C(=O)N/N=C/c2cccc(Oc3ccccc3)c2)nc2ccccn12. The molecule has 28 heavy (non-hydrogen) atoms. The summed E-state index contributed by atoms with van der Waals surface area (Å²) < 4.78 is 7.67. The minimum Gasteiger partial charge on any atom is -0.457 e. The van der Waals surface area contributed by atoms with E-state index in [0.29, 0.717) is 11.4 Å². The Labute approximate surface area is 162 Å². The van der Waals surface area contributed by atoms with Crippen molar-refractivity contribution in [3.63, 3.8) is 0 Å². The number of carbonyl (C=O) groups is 1. The number of rotatable bonds is 5. The van der Waals surface area contributed by atoms with E-state index in [1.165, 1.54) is 0 Å². The molecule has 138 valence electrons. The van der Waals surface area contributed by atoms with E-state index in [9.17, 15) is 4.79 Å². The van der Waals surface area contributed by atoms with Gasteiger partial charge in [-0.2, -0.15) is 5.10 Å². The lowest BCUT2D eigenvalue weighted by Crippen LogP contribution is -2.19. The van der Waals surface area contributed by atoms with Crippen LogP contribution in [0.2, 0.25) is 0 Å². The number of carbonyl (C=O) groups excluding carboxylic acids is 1. The van der Waals surface area contributed by atoms with Crippen LogP contribution in [0.4, 0.5) is 0 Å². The molecule has 2 heterocycles. The Bertz CT molecular complexity index is 1150. The molecule has 1 N–H and O–H groups in total. The standard InChI is InChI=1S/C22H18N4O2/c1-16-21(24-20-12-5-6-13-26(16)20)22(27)25-23-15-17-8-7-11-19(14-17)28-18-9-3-2-4-10-18/h2-15H,1H3,(H,25,27)/b23-15+. The number of benzene rings is 2. The molecule has 1 amide bonds. The summed E-state index contributed by atoms with van der Waals surface area (Å²) in [7, 11) is 0. The number of aromatic nitrogens is 2. The highest BCUT2D eigenvalue weighted by atomic mass is 16.5. The van der Waals surface area contributed by atoms with Gasteiger partial charge in [0.25, 0.3) is 5.91 Å². The first-order chi connectivity index (χ1) is 13.7. The van der Waals surface area contributed by atoms with Crippen molar-refractivity contribution in [2.45, 2.75) is 6.92 Å². The molecule has 4 aromatic rings. The van der Waals surface area contributed by atoms with Crippen molar-refractivity contribution < 1.29 is 9.53 Å². The summed E-state index contributed by atoms with van der Waals surface area (Å²) in [5, 5.41) is 4.05. The molecule has 6 heteroatoms. The van der Waals surface area contributed by atoms with Gasteiger partial charge in [0.05, 0.1) is 11.9 Å². The number of fused-ring (bicyclic) bond motifs is 1. The number of ether oxygens (including phenoxy) is 1. The molecule has 0 saturated carbocycles. The predicted octanol–water partition coefficient (Wildman–Crippen LogP) is 4.20. The molecule has 0 bridgehead atoms. The minimum atomic E-state index is -0.353. The van der Waals surface area contributed by atoms with Gasteiger partial charge in [-0.1, -0.05) is 36.4 Å². The molecule has 2 aromatic carbocycles. The third kappa shape index (κ3) is 3.76. The van der Waals surface area contributed by atoms with Gasteiger partial charge in [0.1, 0.15) is 17.1 Å². The highest BCUT2D eigenvalue weighted by Gasteiger charge is 2.14. The average molecular weight is 370 g/mol. The van der Waals surface area contributed by atoms with Crippen LogP contribution >= 0.6 is 0 Å². The number of para-hydroxylation sites is 1. The van der Waals surface area contributed by atoms with Gasteiger partial charge in [-0.25, -0.2) is 10.4 Å². The normalized spacial score (nSPS) is 11.0. The van der Waals surface area contributed by atoms with Gasteiger partial charge in [-0.3, -0.25) is 4.79 Å². The van der Waals surface area contributed by atoms with Crippen molar-refractivity contribution in [1.82, 2.24) is 14.8 Å². The fraction of sp³-hybridized carbons (Fsp3) is 0.0455. The van der Waals surface area contributed by atoms with Crippen LogP contribution in [0, 0.1) is 6.92 Å². The van der Waals surface area contributed by atoms with E-state index in [4.69, 9.17) is 4.74 Å². The van der Waals surface area contributed by atoms with Crippen molar-refractivity contribution in [2.75, 3.05) is 0 Å². The second-order valence-electron chi connectivity index (χ2n) is 6.16. The Hall–Kier alpha value is -3.93. The number of hydrogen-bond acceptors (Lipinski definition) is 4. The molecule has 0 saturated heterocycles. The molecular formula is C22H18N4O2. The number of hydrogen-bond donors (Lipinski definition) is 1. The van der Waals surface area contributed by atoms with Gasteiger partial charge >= 0.3 is 0 Å². The molecule has 0 aliphatic heterocycles. The molecular weight excluding hydrogens is 352 g/mol. The summed E-state index contributed by atoms with van der Waals surface area (Å²) in [6.07, 6.45) is 3.44. The van der Waals surface area contributed by atoms with E-state index in [1.807, 2.05) is 90.3 Å². The van der Waals surface area contributed by atoms with Crippen molar-refractivity contribution >= 4 is 17.8 Å². The third-order valence-electron chi connectivity index (χ3n) is 4.20. The Morgan fingerprint density at radius 3 is 2.64 bits per heavy atom. The quantitative estimate of drug-likeness (QED) is 0.423. The van der Waals surface area contributed by atoms with Gasteiger partial charge < -0.3 is 9.14 Å². The Kier molecular flexibility index (Phi) is 4.84. The van der Waals surface area contributed by atoms with E-state index >= 15 is 0 Å². The van der Waals surface area contributed by atoms with Crippen LogP contribution in [0.5, 0.6) is 11.5 Å². The monoisotopic (exact) mass is 370 g/mol. The molecule has 2 aromatic heterocycles. The second-order valence-corrected chi connectivity index (χ2v) is 6.16. The molecule has 6 nitrogen and oxygen atoms in total. The average Bonchev–Trinajstić information content (AvgIpc) is 3.06. The van der Waals surface area contributed by atoms with E-state index in [2.05, 4.69) is 15.5 Å². The number of aryl methyl sites for hydroxylation is 1. The second kappa shape index (κ2) is 7.75. The number of imidazole rings is 1. The number of amides is 1. The Morgan fingerprint density at radius 1 is 1.04 bits per heavy atom. The van der Waals surface area contributed by atoms with Crippen molar-refractivity contribution in [3.05, 3.63) is 95.9 Å². The topological polar surface area (TPSA) is 68.0 Å². The van der Waals surface area contributed by atoms with Gasteiger partial charge in [-0.05, 0) is 48.9 Å². The molecule has 0 atom stereocenters. The lowest BCUT2D eigenvalue weighted by molar-refractivity contribution is 0.0950. The molecule has 0 aliphatic rings. The maximum atomic E-state index is 12.4. The van der Waals surface area contributed by atoms with Gasteiger partial charge in [0.15, 0.2) is 5.69 Å². The first-order valence-corrected chi connectivity index (χ1v) is 8.81. The fourth-order valence-corrected chi connectivity index (χ4v) is 2.83. The summed E-state index contributed by atoms with van der Waals surface area (Å²) in [4.78, 5) is 16.8. The Morgan fingerprint density at radius 2 is 1.82 bits per heavy atom. The molecule has 0 unspecified atom stereocenters. The highest BCUT2D eigenvalue weighted by Crippen LogP contribution is 2.21. The summed E-state index contributed by atoms with van der Waals surface area (Å²) in [6.45, 7) is 1.85. The zero-order chi connectivity index (χ0) is 19.3. The van der Waals surface area contributed by atoms with E-state index in [-0.39, 0.29) is 5.91 Å².